The van der Waals surface area contributed by atoms with Gasteiger partial charge < -0.3 is 14.7 Å². The predicted molar refractivity (Wildman–Crippen MR) is 84.7 cm³/mol. The molecule has 1 amide bonds. The number of carbonyl (C=O) groups excluding carboxylic acids is 1. The second-order valence-corrected chi connectivity index (χ2v) is 5.89. The maximum atomic E-state index is 12.2. The number of hydrogen-bond donors (Lipinski definition) is 1. The topological polar surface area (TPSA) is 66.8 Å². The van der Waals surface area contributed by atoms with E-state index < -0.39 is 12.1 Å². The van der Waals surface area contributed by atoms with Gasteiger partial charge in [-0.3, -0.25) is 4.79 Å². The minimum Gasteiger partial charge on any atom is -0.478 e. The van der Waals surface area contributed by atoms with Gasteiger partial charge in [0.25, 0.3) is 5.91 Å². The molecule has 1 atom stereocenters. The first-order chi connectivity index (χ1) is 10.3. The lowest BCUT2D eigenvalue weighted by atomic mass is 10.1. The molecular formula is C17H25NO4. The summed E-state index contributed by atoms with van der Waals surface area (Å²) in [4.78, 5) is 24.6. The molecule has 1 rings (SSSR count). The molecule has 1 N–H and O–H groups in total. The number of carboxylic acid groups (broad SMARTS) is 1. The van der Waals surface area contributed by atoms with Gasteiger partial charge in [-0.15, -0.1) is 0 Å². The number of amides is 1. The van der Waals surface area contributed by atoms with Crippen molar-refractivity contribution in [1.29, 1.82) is 0 Å². The first kappa shape index (κ1) is 18.2. The third kappa shape index (κ3) is 5.85. The van der Waals surface area contributed by atoms with Crippen molar-refractivity contribution in [1.82, 2.24) is 4.90 Å². The van der Waals surface area contributed by atoms with Crippen LogP contribution >= 0.6 is 0 Å². The fraction of sp³-hybridized carbons (Fsp3) is 0.529. The van der Waals surface area contributed by atoms with Crippen molar-refractivity contribution >= 4 is 11.9 Å². The lowest BCUT2D eigenvalue weighted by Crippen LogP contribution is -2.36. The zero-order valence-electron chi connectivity index (χ0n) is 13.7. The minimum absolute atomic E-state index is 0.0777. The Morgan fingerprint density at radius 1 is 1.18 bits per heavy atom. The fourth-order valence-electron chi connectivity index (χ4n) is 1.97. The third-order valence-corrected chi connectivity index (χ3v) is 3.41. The van der Waals surface area contributed by atoms with Gasteiger partial charge >= 0.3 is 5.97 Å². The van der Waals surface area contributed by atoms with Crippen molar-refractivity contribution in [3.63, 3.8) is 0 Å². The van der Waals surface area contributed by atoms with Crippen molar-refractivity contribution in [2.45, 2.75) is 39.8 Å². The van der Waals surface area contributed by atoms with E-state index in [2.05, 4.69) is 13.8 Å². The van der Waals surface area contributed by atoms with E-state index in [4.69, 9.17) is 9.84 Å². The second-order valence-electron chi connectivity index (χ2n) is 5.89. The number of carboxylic acids is 1. The monoisotopic (exact) mass is 307 g/mol. The first-order valence-electron chi connectivity index (χ1n) is 7.50. The summed E-state index contributed by atoms with van der Waals surface area (Å²) >= 11 is 0. The average Bonchev–Trinajstić information content (AvgIpc) is 2.46. The molecule has 22 heavy (non-hydrogen) atoms. The molecule has 0 aliphatic heterocycles. The normalized spacial score (nSPS) is 12.2. The summed E-state index contributed by atoms with van der Waals surface area (Å²) in [5.74, 6) is -0.484. The highest BCUT2D eigenvalue weighted by molar-refractivity contribution is 5.87. The summed E-state index contributed by atoms with van der Waals surface area (Å²) in [6.07, 6.45) is 0.458. The second kappa shape index (κ2) is 8.54. The zero-order chi connectivity index (χ0) is 16.7. The number of aromatic carboxylic acids is 1. The molecule has 122 valence electrons. The molecule has 5 heteroatoms. The highest BCUT2D eigenvalue weighted by Gasteiger charge is 2.18. The van der Waals surface area contributed by atoms with Gasteiger partial charge in [-0.1, -0.05) is 26.0 Å². The molecule has 0 bridgehead atoms. The van der Waals surface area contributed by atoms with Gasteiger partial charge in [-0.25, -0.2) is 4.79 Å². The summed E-state index contributed by atoms with van der Waals surface area (Å²) in [5.41, 5.74) is 1.12. The smallest absolute Gasteiger partial charge is 0.335 e. The van der Waals surface area contributed by atoms with Gasteiger partial charge in [0.1, 0.15) is 6.10 Å². The van der Waals surface area contributed by atoms with Crippen LogP contribution in [0.3, 0.4) is 0 Å². The van der Waals surface area contributed by atoms with E-state index in [-0.39, 0.29) is 11.5 Å². The Balaban J connectivity index is 2.50. The maximum absolute atomic E-state index is 12.2. The zero-order valence-corrected chi connectivity index (χ0v) is 13.7. The van der Waals surface area contributed by atoms with Crippen LogP contribution in [0.4, 0.5) is 0 Å². The third-order valence-electron chi connectivity index (χ3n) is 3.41. The van der Waals surface area contributed by atoms with E-state index in [0.717, 1.165) is 12.0 Å². The SMILES string of the molecule is CC(C)CCOC(C)C(=O)N(C)Cc1ccc(C(=O)O)cc1. The van der Waals surface area contributed by atoms with Crippen LogP contribution in [-0.2, 0) is 16.1 Å². The van der Waals surface area contributed by atoms with E-state index >= 15 is 0 Å². The highest BCUT2D eigenvalue weighted by atomic mass is 16.5. The average molecular weight is 307 g/mol. The largest absolute Gasteiger partial charge is 0.478 e. The van der Waals surface area contributed by atoms with Crippen molar-refractivity contribution in [3.8, 4) is 0 Å². The molecule has 0 fully saturated rings. The molecule has 0 heterocycles. The Morgan fingerprint density at radius 3 is 2.27 bits per heavy atom. The maximum Gasteiger partial charge on any atom is 0.335 e. The van der Waals surface area contributed by atoms with Crippen LogP contribution < -0.4 is 0 Å². The highest BCUT2D eigenvalue weighted by Crippen LogP contribution is 2.09. The summed E-state index contributed by atoms with van der Waals surface area (Å²) in [5, 5.41) is 8.86. The lowest BCUT2D eigenvalue weighted by molar-refractivity contribution is -0.142. The molecule has 0 aliphatic rings. The van der Waals surface area contributed by atoms with Crippen molar-refractivity contribution < 1.29 is 19.4 Å². The van der Waals surface area contributed by atoms with Gasteiger partial charge in [0, 0.05) is 20.2 Å². The van der Waals surface area contributed by atoms with Crippen molar-refractivity contribution in [3.05, 3.63) is 35.4 Å². The molecule has 5 nitrogen and oxygen atoms in total. The molecule has 0 aromatic heterocycles. The van der Waals surface area contributed by atoms with Gasteiger partial charge in [-0.2, -0.15) is 0 Å². The number of hydrogen-bond acceptors (Lipinski definition) is 3. The van der Waals surface area contributed by atoms with Crippen molar-refractivity contribution in [2.24, 2.45) is 5.92 Å². The van der Waals surface area contributed by atoms with Gasteiger partial charge in [0.15, 0.2) is 0 Å². The Kier molecular flexibility index (Phi) is 7.05. The molecule has 1 aromatic rings. The van der Waals surface area contributed by atoms with E-state index in [0.29, 0.717) is 19.1 Å². The summed E-state index contributed by atoms with van der Waals surface area (Å²) < 4.78 is 5.56. The van der Waals surface area contributed by atoms with Gasteiger partial charge in [-0.05, 0) is 37.0 Å². The molecule has 0 spiro atoms. The van der Waals surface area contributed by atoms with E-state index in [1.54, 1.807) is 43.1 Å². The molecule has 0 saturated heterocycles. The molecule has 0 saturated carbocycles. The molecule has 0 radical (unpaired) electrons. The molecule has 1 unspecified atom stereocenters. The van der Waals surface area contributed by atoms with Gasteiger partial charge in [0.2, 0.25) is 0 Å². The van der Waals surface area contributed by atoms with Crippen molar-refractivity contribution in [2.75, 3.05) is 13.7 Å². The molecule has 1 aromatic carbocycles. The van der Waals surface area contributed by atoms with Crippen LogP contribution in [0.25, 0.3) is 0 Å². The summed E-state index contributed by atoms with van der Waals surface area (Å²) in [7, 11) is 1.72. The summed E-state index contributed by atoms with van der Waals surface area (Å²) in [6.45, 7) is 6.99. The standard InChI is InChI=1S/C17H25NO4/c1-12(2)9-10-22-13(3)16(19)18(4)11-14-5-7-15(8-6-14)17(20)21/h5-8,12-13H,9-11H2,1-4H3,(H,20,21). The van der Waals surface area contributed by atoms with Crippen LogP contribution in [0.15, 0.2) is 24.3 Å². The van der Waals surface area contributed by atoms with Crippen LogP contribution in [0.5, 0.6) is 0 Å². The van der Waals surface area contributed by atoms with E-state index in [9.17, 15) is 9.59 Å². The summed E-state index contributed by atoms with van der Waals surface area (Å²) in [6, 6.07) is 6.52. The fourth-order valence-corrected chi connectivity index (χ4v) is 1.97. The van der Waals surface area contributed by atoms with Crippen LogP contribution in [0, 0.1) is 5.92 Å². The number of nitrogens with zero attached hydrogens (tertiary/aromatic N) is 1. The van der Waals surface area contributed by atoms with Crippen LogP contribution in [-0.4, -0.2) is 41.6 Å². The number of benzene rings is 1. The van der Waals surface area contributed by atoms with E-state index in [1.165, 1.54) is 0 Å². The number of rotatable bonds is 8. The lowest BCUT2D eigenvalue weighted by Gasteiger charge is -2.22. The molecule has 0 aliphatic carbocycles. The van der Waals surface area contributed by atoms with Gasteiger partial charge in [0.05, 0.1) is 5.56 Å². The Hall–Kier alpha value is -1.88. The quantitative estimate of drug-likeness (QED) is 0.802. The predicted octanol–water partition coefficient (Wildman–Crippen LogP) is 2.79. The van der Waals surface area contributed by atoms with E-state index in [1.807, 2.05) is 0 Å². The first-order valence-corrected chi connectivity index (χ1v) is 7.50. The number of carbonyl (C=O) groups is 2. The Labute approximate surface area is 131 Å². The van der Waals surface area contributed by atoms with Crippen LogP contribution in [0.1, 0.15) is 43.1 Å². The minimum atomic E-state index is -0.955. The molecular weight excluding hydrogens is 282 g/mol. The van der Waals surface area contributed by atoms with Crippen LogP contribution in [0.2, 0.25) is 0 Å². The number of ether oxygens (including phenoxy) is 1. The Morgan fingerprint density at radius 2 is 1.77 bits per heavy atom. The number of likely N-dealkylation sites (N-methyl/N-ethyl adjacent to an activating group) is 1. The Bertz CT molecular complexity index is 496.